The second-order valence-corrected chi connectivity index (χ2v) is 5.95. The molecule has 0 aliphatic heterocycles. The first kappa shape index (κ1) is 18.7. The standard InChI is InChI=1S/C19H27N.C2H6/c1-4-5-11-20-12-10-16-6-7-19-14-17(15(2)3)8-9-18(19)13-16;1-2/h6-9,13-15,20H,4-5,10-12H2,1-3H3;1-2H3. The van der Waals surface area contributed by atoms with Gasteiger partial charge in [0.05, 0.1) is 0 Å². The first-order valence-corrected chi connectivity index (χ1v) is 8.94. The van der Waals surface area contributed by atoms with Crippen molar-refractivity contribution in [3.05, 3.63) is 47.5 Å². The van der Waals surface area contributed by atoms with Gasteiger partial charge in [-0.3, -0.25) is 0 Å². The second-order valence-electron chi connectivity index (χ2n) is 5.95. The molecule has 0 unspecified atom stereocenters. The van der Waals surface area contributed by atoms with Crippen LogP contribution in [0.1, 0.15) is 64.5 Å². The van der Waals surface area contributed by atoms with Crippen LogP contribution in [0.25, 0.3) is 10.8 Å². The summed E-state index contributed by atoms with van der Waals surface area (Å²) in [6, 6.07) is 13.7. The zero-order valence-electron chi connectivity index (χ0n) is 15.1. The van der Waals surface area contributed by atoms with Crippen molar-refractivity contribution in [2.24, 2.45) is 0 Å². The Kier molecular flexibility index (Phi) is 8.84. The number of hydrogen-bond donors (Lipinski definition) is 1. The topological polar surface area (TPSA) is 12.0 Å². The van der Waals surface area contributed by atoms with Crippen LogP contribution in [-0.2, 0) is 6.42 Å². The minimum Gasteiger partial charge on any atom is -0.316 e. The molecule has 0 saturated carbocycles. The van der Waals surface area contributed by atoms with Gasteiger partial charge < -0.3 is 5.32 Å². The van der Waals surface area contributed by atoms with Gasteiger partial charge in [-0.05, 0) is 53.7 Å². The quantitative estimate of drug-likeness (QED) is 0.626. The minimum atomic E-state index is 0.599. The van der Waals surface area contributed by atoms with Crippen LogP contribution in [0.15, 0.2) is 36.4 Å². The van der Waals surface area contributed by atoms with Gasteiger partial charge in [-0.2, -0.15) is 0 Å². The van der Waals surface area contributed by atoms with E-state index in [1.807, 2.05) is 13.8 Å². The van der Waals surface area contributed by atoms with E-state index >= 15 is 0 Å². The molecular formula is C21H33N. The summed E-state index contributed by atoms with van der Waals surface area (Å²) in [4.78, 5) is 0. The largest absolute Gasteiger partial charge is 0.316 e. The molecule has 1 heteroatoms. The van der Waals surface area contributed by atoms with Crippen molar-refractivity contribution < 1.29 is 0 Å². The summed E-state index contributed by atoms with van der Waals surface area (Å²) in [5.74, 6) is 0.599. The van der Waals surface area contributed by atoms with Gasteiger partial charge in [0.2, 0.25) is 0 Å². The van der Waals surface area contributed by atoms with Gasteiger partial charge >= 0.3 is 0 Å². The summed E-state index contributed by atoms with van der Waals surface area (Å²) >= 11 is 0. The lowest BCUT2D eigenvalue weighted by Crippen LogP contribution is -2.18. The molecule has 0 heterocycles. The monoisotopic (exact) mass is 299 g/mol. The van der Waals surface area contributed by atoms with Crippen LogP contribution in [0, 0.1) is 0 Å². The van der Waals surface area contributed by atoms with Gasteiger partial charge in [0.15, 0.2) is 0 Å². The molecule has 0 aromatic heterocycles. The average molecular weight is 300 g/mol. The Hall–Kier alpha value is -1.34. The van der Waals surface area contributed by atoms with Crippen LogP contribution < -0.4 is 5.32 Å². The molecule has 0 atom stereocenters. The van der Waals surface area contributed by atoms with Crippen molar-refractivity contribution in [3.63, 3.8) is 0 Å². The normalized spacial score (nSPS) is 10.6. The Bertz CT molecular complexity index is 543. The third-order valence-electron chi connectivity index (χ3n) is 3.89. The first-order chi connectivity index (χ1) is 10.7. The Morgan fingerprint density at radius 1 is 0.909 bits per heavy atom. The molecule has 1 N–H and O–H groups in total. The Morgan fingerprint density at radius 2 is 1.59 bits per heavy atom. The number of nitrogens with one attached hydrogen (secondary N) is 1. The van der Waals surface area contributed by atoms with Crippen LogP contribution in [0.3, 0.4) is 0 Å². The maximum absolute atomic E-state index is 3.51. The van der Waals surface area contributed by atoms with Crippen molar-refractivity contribution in [2.75, 3.05) is 13.1 Å². The van der Waals surface area contributed by atoms with E-state index in [1.165, 1.54) is 34.7 Å². The van der Waals surface area contributed by atoms with Gasteiger partial charge in [-0.1, -0.05) is 77.4 Å². The van der Waals surface area contributed by atoms with E-state index in [9.17, 15) is 0 Å². The molecule has 0 amide bonds. The van der Waals surface area contributed by atoms with E-state index in [0.29, 0.717) is 5.92 Å². The number of unbranched alkanes of at least 4 members (excludes halogenated alkanes) is 1. The van der Waals surface area contributed by atoms with Crippen LogP contribution >= 0.6 is 0 Å². The molecule has 2 rings (SSSR count). The maximum atomic E-state index is 3.51. The highest BCUT2D eigenvalue weighted by Crippen LogP contribution is 2.22. The molecule has 0 radical (unpaired) electrons. The van der Waals surface area contributed by atoms with Gasteiger partial charge in [-0.25, -0.2) is 0 Å². The number of benzene rings is 2. The van der Waals surface area contributed by atoms with Crippen molar-refractivity contribution >= 4 is 10.8 Å². The van der Waals surface area contributed by atoms with Crippen LogP contribution in [0.2, 0.25) is 0 Å². The van der Waals surface area contributed by atoms with Crippen molar-refractivity contribution in [3.8, 4) is 0 Å². The lowest BCUT2D eigenvalue weighted by molar-refractivity contribution is 0.640. The Balaban J connectivity index is 0.00000116. The van der Waals surface area contributed by atoms with E-state index < -0.39 is 0 Å². The number of fused-ring (bicyclic) bond motifs is 1. The van der Waals surface area contributed by atoms with Crippen LogP contribution in [0.5, 0.6) is 0 Å². The van der Waals surface area contributed by atoms with Gasteiger partial charge in [0.1, 0.15) is 0 Å². The van der Waals surface area contributed by atoms with Gasteiger partial charge in [-0.15, -0.1) is 0 Å². The molecule has 0 bridgehead atoms. The molecule has 2 aromatic carbocycles. The van der Waals surface area contributed by atoms with Crippen molar-refractivity contribution in [1.29, 1.82) is 0 Å². The summed E-state index contributed by atoms with van der Waals surface area (Å²) < 4.78 is 0. The lowest BCUT2D eigenvalue weighted by Gasteiger charge is -2.09. The average Bonchev–Trinajstić information content (AvgIpc) is 2.56. The molecule has 0 aliphatic carbocycles. The minimum absolute atomic E-state index is 0.599. The summed E-state index contributed by atoms with van der Waals surface area (Å²) in [6.07, 6.45) is 3.66. The lowest BCUT2D eigenvalue weighted by atomic mass is 9.98. The molecule has 22 heavy (non-hydrogen) atoms. The molecule has 1 nitrogen and oxygen atoms in total. The number of rotatable bonds is 7. The molecule has 2 aromatic rings. The van der Waals surface area contributed by atoms with E-state index in [0.717, 1.165) is 19.5 Å². The zero-order valence-corrected chi connectivity index (χ0v) is 15.1. The fourth-order valence-electron chi connectivity index (χ4n) is 2.49. The Morgan fingerprint density at radius 3 is 2.27 bits per heavy atom. The van der Waals surface area contributed by atoms with E-state index in [-0.39, 0.29) is 0 Å². The van der Waals surface area contributed by atoms with E-state index in [2.05, 4.69) is 62.5 Å². The summed E-state index contributed by atoms with van der Waals surface area (Å²) in [5, 5.41) is 6.23. The summed E-state index contributed by atoms with van der Waals surface area (Å²) in [5.41, 5.74) is 2.85. The first-order valence-electron chi connectivity index (χ1n) is 8.94. The summed E-state index contributed by atoms with van der Waals surface area (Å²) in [7, 11) is 0. The highest BCUT2D eigenvalue weighted by molar-refractivity contribution is 5.84. The smallest absolute Gasteiger partial charge is 0.000835 e. The second kappa shape index (κ2) is 10.4. The SMILES string of the molecule is CC.CCCCNCCc1ccc2cc(C(C)C)ccc2c1. The van der Waals surface area contributed by atoms with Gasteiger partial charge in [0, 0.05) is 0 Å². The molecule has 0 saturated heterocycles. The fourth-order valence-corrected chi connectivity index (χ4v) is 2.49. The van der Waals surface area contributed by atoms with E-state index in [4.69, 9.17) is 0 Å². The van der Waals surface area contributed by atoms with Crippen molar-refractivity contribution in [1.82, 2.24) is 5.32 Å². The fraction of sp³-hybridized carbons (Fsp3) is 0.524. The Labute approximate surface area is 137 Å². The van der Waals surface area contributed by atoms with Crippen LogP contribution in [-0.4, -0.2) is 13.1 Å². The molecule has 0 spiro atoms. The number of hydrogen-bond acceptors (Lipinski definition) is 1. The zero-order chi connectivity index (χ0) is 16.4. The highest BCUT2D eigenvalue weighted by Gasteiger charge is 2.02. The third kappa shape index (κ3) is 5.81. The highest BCUT2D eigenvalue weighted by atomic mass is 14.8. The maximum Gasteiger partial charge on any atom is -0.000835 e. The molecule has 0 aliphatic rings. The predicted octanol–water partition coefficient (Wildman–Crippen LogP) is 5.92. The third-order valence-corrected chi connectivity index (χ3v) is 3.89. The predicted molar refractivity (Wildman–Crippen MR) is 101 cm³/mol. The van der Waals surface area contributed by atoms with Crippen molar-refractivity contribution in [2.45, 2.75) is 59.8 Å². The molecule has 0 fully saturated rings. The van der Waals surface area contributed by atoms with E-state index in [1.54, 1.807) is 0 Å². The molecule has 122 valence electrons. The van der Waals surface area contributed by atoms with Crippen LogP contribution in [0.4, 0.5) is 0 Å². The summed E-state index contributed by atoms with van der Waals surface area (Å²) in [6.45, 7) is 12.9. The molecular weight excluding hydrogens is 266 g/mol. The van der Waals surface area contributed by atoms with Gasteiger partial charge in [0.25, 0.3) is 0 Å².